The van der Waals surface area contributed by atoms with Crippen LogP contribution in [0, 0.1) is 17.7 Å². The molecule has 0 saturated heterocycles. The Morgan fingerprint density at radius 1 is 1.20 bits per heavy atom. The average molecular weight is 372 g/mol. The monoisotopic (exact) mass is 371 g/mol. The van der Waals surface area contributed by atoms with Gasteiger partial charge >= 0.3 is 0 Å². The van der Waals surface area contributed by atoms with Crippen LogP contribution in [0.1, 0.15) is 39.0 Å². The van der Waals surface area contributed by atoms with E-state index in [4.69, 9.17) is 0 Å². The van der Waals surface area contributed by atoms with E-state index in [9.17, 15) is 14.0 Å². The Morgan fingerprint density at radius 2 is 1.88 bits per heavy atom. The van der Waals surface area contributed by atoms with Crippen LogP contribution < -0.4 is 16.0 Å². The highest BCUT2D eigenvalue weighted by atomic mass is 35.5. The molecule has 0 heterocycles. The van der Waals surface area contributed by atoms with Crippen molar-refractivity contribution >= 4 is 35.6 Å². The lowest BCUT2D eigenvalue weighted by Gasteiger charge is -2.21. The summed E-state index contributed by atoms with van der Waals surface area (Å²) in [6, 6.07) is 4.23. The van der Waals surface area contributed by atoms with Crippen molar-refractivity contribution in [3.63, 3.8) is 0 Å². The fourth-order valence-electron chi connectivity index (χ4n) is 2.96. The second-order valence-electron chi connectivity index (χ2n) is 6.47. The normalized spacial score (nSPS) is 15.8. The lowest BCUT2D eigenvalue weighted by molar-refractivity contribution is -0.121. The maximum absolute atomic E-state index is 14.0. The first-order chi connectivity index (χ1) is 11.5. The van der Waals surface area contributed by atoms with Gasteiger partial charge in [0.1, 0.15) is 5.82 Å². The minimum absolute atomic E-state index is 0. The molecular formula is C18H27ClFN3O2. The number of hydrogen-bond donors (Lipinski definition) is 3. The molecule has 1 aliphatic carbocycles. The number of hydrogen-bond acceptors (Lipinski definition) is 3. The summed E-state index contributed by atoms with van der Waals surface area (Å²) >= 11 is 0. The van der Waals surface area contributed by atoms with Crippen molar-refractivity contribution in [3.8, 4) is 0 Å². The second-order valence-corrected chi connectivity index (χ2v) is 6.47. The van der Waals surface area contributed by atoms with Crippen molar-refractivity contribution in [3.05, 3.63) is 24.0 Å². The molecule has 2 amide bonds. The number of rotatable bonds is 6. The van der Waals surface area contributed by atoms with Gasteiger partial charge in [-0.15, -0.1) is 12.4 Å². The number of nitrogens with one attached hydrogen (secondary N) is 3. The van der Waals surface area contributed by atoms with Gasteiger partial charge in [0.15, 0.2) is 0 Å². The molecule has 1 fully saturated rings. The fourth-order valence-corrected chi connectivity index (χ4v) is 2.96. The minimum Gasteiger partial charge on any atom is -0.326 e. The molecule has 7 heteroatoms. The predicted octanol–water partition coefficient (Wildman–Crippen LogP) is 3.56. The van der Waals surface area contributed by atoms with Gasteiger partial charge in [0.05, 0.1) is 5.69 Å². The SMILES string of the molecule is CNCC(C)C(=O)Nc1ccc(F)c(NC(=O)C2CCCCC2)c1.Cl. The molecule has 1 unspecified atom stereocenters. The number of benzene rings is 1. The topological polar surface area (TPSA) is 70.2 Å². The zero-order valence-corrected chi connectivity index (χ0v) is 15.5. The van der Waals surface area contributed by atoms with E-state index in [1.807, 2.05) is 0 Å². The molecule has 0 aliphatic heterocycles. The standard InChI is InChI=1S/C18H26FN3O2.ClH/c1-12(11-20-2)17(23)21-14-8-9-15(19)16(10-14)22-18(24)13-6-4-3-5-7-13;/h8-10,12-13,20H,3-7,11H2,1-2H3,(H,21,23)(H,22,24);1H. The van der Waals surface area contributed by atoms with Gasteiger partial charge in [-0.2, -0.15) is 0 Å². The molecule has 0 bridgehead atoms. The lowest BCUT2D eigenvalue weighted by atomic mass is 9.88. The number of halogens is 2. The zero-order chi connectivity index (χ0) is 17.5. The number of anilines is 2. The van der Waals surface area contributed by atoms with Gasteiger partial charge in [-0.3, -0.25) is 9.59 Å². The highest BCUT2D eigenvalue weighted by Gasteiger charge is 2.22. The molecule has 1 aliphatic rings. The van der Waals surface area contributed by atoms with Gasteiger partial charge in [-0.1, -0.05) is 26.2 Å². The van der Waals surface area contributed by atoms with Crippen LogP contribution in [0.3, 0.4) is 0 Å². The molecule has 140 valence electrons. The van der Waals surface area contributed by atoms with Crippen LogP contribution >= 0.6 is 12.4 Å². The van der Waals surface area contributed by atoms with E-state index in [0.29, 0.717) is 12.2 Å². The summed E-state index contributed by atoms with van der Waals surface area (Å²) in [7, 11) is 1.78. The van der Waals surface area contributed by atoms with Gasteiger partial charge in [0.2, 0.25) is 11.8 Å². The number of carbonyl (C=O) groups excluding carboxylic acids is 2. The van der Waals surface area contributed by atoms with E-state index in [1.165, 1.54) is 18.2 Å². The smallest absolute Gasteiger partial charge is 0.228 e. The maximum Gasteiger partial charge on any atom is 0.228 e. The second kappa shape index (κ2) is 10.4. The largest absolute Gasteiger partial charge is 0.326 e. The molecule has 0 radical (unpaired) electrons. The molecule has 1 aromatic rings. The van der Waals surface area contributed by atoms with Crippen LogP contribution in [-0.2, 0) is 9.59 Å². The van der Waals surface area contributed by atoms with Crippen molar-refractivity contribution < 1.29 is 14.0 Å². The molecule has 2 rings (SSSR count). The summed E-state index contributed by atoms with van der Waals surface area (Å²) in [5.41, 5.74) is 0.591. The third-order valence-corrected chi connectivity index (χ3v) is 4.43. The Hall–Kier alpha value is -1.66. The molecule has 1 saturated carbocycles. The van der Waals surface area contributed by atoms with E-state index in [-0.39, 0.29) is 41.7 Å². The molecular weight excluding hydrogens is 345 g/mol. The molecule has 1 atom stereocenters. The summed E-state index contributed by atoms with van der Waals surface area (Å²) < 4.78 is 14.0. The van der Waals surface area contributed by atoms with Crippen molar-refractivity contribution in [2.24, 2.45) is 11.8 Å². The van der Waals surface area contributed by atoms with E-state index < -0.39 is 5.82 Å². The Labute approximate surface area is 154 Å². The van der Waals surface area contributed by atoms with E-state index >= 15 is 0 Å². The highest BCUT2D eigenvalue weighted by molar-refractivity contribution is 5.95. The van der Waals surface area contributed by atoms with Gasteiger partial charge in [0.25, 0.3) is 0 Å². The quantitative estimate of drug-likeness (QED) is 0.716. The van der Waals surface area contributed by atoms with Crippen LogP contribution in [0.25, 0.3) is 0 Å². The third-order valence-electron chi connectivity index (χ3n) is 4.43. The van der Waals surface area contributed by atoms with Crippen LogP contribution in [0.4, 0.5) is 15.8 Å². The average Bonchev–Trinajstić information content (AvgIpc) is 2.58. The molecule has 0 spiro atoms. The van der Waals surface area contributed by atoms with E-state index in [1.54, 1.807) is 14.0 Å². The summed E-state index contributed by atoms with van der Waals surface area (Å²) in [6.45, 7) is 2.36. The van der Waals surface area contributed by atoms with Crippen molar-refractivity contribution in [1.29, 1.82) is 0 Å². The van der Waals surface area contributed by atoms with E-state index in [0.717, 1.165) is 32.1 Å². The predicted molar refractivity (Wildman–Crippen MR) is 101 cm³/mol. The van der Waals surface area contributed by atoms with Gasteiger partial charge < -0.3 is 16.0 Å². The minimum atomic E-state index is -0.500. The first-order valence-electron chi connectivity index (χ1n) is 8.57. The molecule has 3 N–H and O–H groups in total. The van der Waals surface area contributed by atoms with Crippen molar-refractivity contribution in [1.82, 2.24) is 5.32 Å². The molecule has 25 heavy (non-hydrogen) atoms. The Kier molecular flexibility index (Phi) is 8.86. The molecule has 5 nitrogen and oxygen atoms in total. The third kappa shape index (κ3) is 6.29. The Bertz CT molecular complexity index is 592. The number of carbonyl (C=O) groups is 2. The summed E-state index contributed by atoms with van der Waals surface area (Å²) in [4.78, 5) is 24.3. The lowest BCUT2D eigenvalue weighted by Crippen LogP contribution is -2.28. The fraction of sp³-hybridized carbons (Fsp3) is 0.556. The highest BCUT2D eigenvalue weighted by Crippen LogP contribution is 2.26. The molecule has 1 aromatic carbocycles. The van der Waals surface area contributed by atoms with Gasteiger partial charge in [0, 0.05) is 24.1 Å². The zero-order valence-electron chi connectivity index (χ0n) is 14.7. The van der Waals surface area contributed by atoms with Crippen molar-refractivity contribution in [2.75, 3.05) is 24.2 Å². The van der Waals surface area contributed by atoms with Crippen molar-refractivity contribution in [2.45, 2.75) is 39.0 Å². The summed E-state index contributed by atoms with van der Waals surface area (Å²) in [5.74, 6) is -1.05. The van der Waals surface area contributed by atoms with Gasteiger partial charge in [-0.25, -0.2) is 4.39 Å². The summed E-state index contributed by atoms with van der Waals surface area (Å²) in [5, 5.41) is 8.36. The van der Waals surface area contributed by atoms with Crippen LogP contribution in [0.15, 0.2) is 18.2 Å². The first-order valence-corrected chi connectivity index (χ1v) is 8.57. The van der Waals surface area contributed by atoms with Crippen LogP contribution in [-0.4, -0.2) is 25.4 Å². The van der Waals surface area contributed by atoms with E-state index in [2.05, 4.69) is 16.0 Å². The number of amides is 2. The molecule has 0 aromatic heterocycles. The Balaban J connectivity index is 0.00000312. The Morgan fingerprint density at radius 3 is 2.52 bits per heavy atom. The van der Waals surface area contributed by atoms with Gasteiger partial charge in [-0.05, 0) is 38.1 Å². The van der Waals surface area contributed by atoms with Crippen LogP contribution in [0.5, 0.6) is 0 Å². The summed E-state index contributed by atoms with van der Waals surface area (Å²) in [6.07, 6.45) is 4.95. The maximum atomic E-state index is 14.0. The first kappa shape index (κ1) is 21.4. The van der Waals surface area contributed by atoms with Crippen LogP contribution in [0.2, 0.25) is 0 Å².